The van der Waals surface area contributed by atoms with Crippen LogP contribution in [0.2, 0.25) is 0 Å². The Hall–Kier alpha value is -3.20. The van der Waals surface area contributed by atoms with Crippen molar-refractivity contribution < 1.29 is 23.1 Å². The lowest BCUT2D eigenvalue weighted by molar-refractivity contribution is -0.142. The highest BCUT2D eigenvalue weighted by atomic mass is 32.2. The number of carbonyl (C=O) groups excluding carboxylic acids is 2. The van der Waals surface area contributed by atoms with E-state index >= 15 is 0 Å². The third kappa shape index (κ3) is 5.64. The first-order chi connectivity index (χ1) is 14.1. The lowest BCUT2D eigenvalue weighted by Gasteiger charge is -2.21. The Balaban J connectivity index is 1.68. The van der Waals surface area contributed by atoms with Crippen molar-refractivity contribution in [2.24, 2.45) is 0 Å². The molecule has 0 N–H and O–H groups in total. The molecule has 29 heavy (non-hydrogen) atoms. The van der Waals surface area contributed by atoms with Crippen LogP contribution in [0.15, 0.2) is 64.2 Å². The average molecular weight is 415 g/mol. The molecule has 1 amide bonds. The van der Waals surface area contributed by atoms with E-state index in [-0.39, 0.29) is 30.0 Å². The first-order valence-corrected chi connectivity index (χ1v) is 9.78. The van der Waals surface area contributed by atoms with E-state index in [0.717, 1.165) is 17.3 Å². The van der Waals surface area contributed by atoms with E-state index in [1.165, 1.54) is 29.2 Å². The molecule has 0 unspecified atom stereocenters. The maximum Gasteiger partial charge on any atom is 0.326 e. The van der Waals surface area contributed by atoms with E-state index in [2.05, 4.69) is 10.2 Å². The van der Waals surface area contributed by atoms with Crippen LogP contribution in [0.1, 0.15) is 6.92 Å². The maximum atomic E-state index is 13.2. The fourth-order valence-electron chi connectivity index (χ4n) is 2.45. The van der Waals surface area contributed by atoms with Gasteiger partial charge in [0, 0.05) is 11.3 Å². The Bertz CT molecular complexity index is 963. The van der Waals surface area contributed by atoms with Crippen LogP contribution in [0, 0.1) is 5.82 Å². The van der Waals surface area contributed by atoms with Crippen LogP contribution in [0.4, 0.5) is 10.1 Å². The lowest BCUT2D eigenvalue weighted by atomic mass is 10.2. The molecule has 0 aliphatic heterocycles. The molecule has 1 aromatic heterocycles. The molecule has 0 atom stereocenters. The van der Waals surface area contributed by atoms with Crippen molar-refractivity contribution in [2.75, 3.05) is 23.8 Å². The Labute approximate surface area is 170 Å². The highest BCUT2D eigenvalue weighted by Gasteiger charge is 2.21. The largest absolute Gasteiger partial charge is 0.465 e. The van der Waals surface area contributed by atoms with E-state index in [1.54, 1.807) is 6.92 Å². The van der Waals surface area contributed by atoms with Crippen LogP contribution in [-0.4, -0.2) is 41.0 Å². The minimum atomic E-state index is -0.556. The molecule has 0 radical (unpaired) electrons. The summed E-state index contributed by atoms with van der Waals surface area (Å²) >= 11 is 1.05. The number of hydrogen-bond donors (Lipinski definition) is 0. The summed E-state index contributed by atoms with van der Waals surface area (Å²) < 4.78 is 23.7. The van der Waals surface area contributed by atoms with Crippen molar-refractivity contribution in [1.82, 2.24) is 10.2 Å². The molecular formula is C20H18FN3O4S. The number of nitrogens with zero attached hydrogens (tertiary/aromatic N) is 3. The van der Waals surface area contributed by atoms with Gasteiger partial charge in [-0.3, -0.25) is 9.59 Å². The molecule has 0 bridgehead atoms. The zero-order valence-electron chi connectivity index (χ0n) is 15.6. The van der Waals surface area contributed by atoms with Crippen molar-refractivity contribution in [3.05, 3.63) is 60.4 Å². The Kier molecular flexibility index (Phi) is 6.96. The second-order valence-electron chi connectivity index (χ2n) is 5.79. The summed E-state index contributed by atoms with van der Waals surface area (Å²) in [6.45, 7) is 1.60. The molecular weight excluding hydrogens is 397 g/mol. The van der Waals surface area contributed by atoms with E-state index in [0.29, 0.717) is 11.6 Å². The number of benzene rings is 2. The summed E-state index contributed by atoms with van der Waals surface area (Å²) in [4.78, 5) is 25.9. The topological polar surface area (TPSA) is 85.5 Å². The highest BCUT2D eigenvalue weighted by Crippen LogP contribution is 2.24. The molecule has 0 fully saturated rings. The second kappa shape index (κ2) is 9.83. The van der Waals surface area contributed by atoms with Crippen LogP contribution < -0.4 is 4.90 Å². The normalized spacial score (nSPS) is 10.6. The van der Waals surface area contributed by atoms with E-state index < -0.39 is 11.8 Å². The Morgan fingerprint density at radius 1 is 1.10 bits per heavy atom. The number of ether oxygens (including phenoxy) is 1. The van der Waals surface area contributed by atoms with Crippen LogP contribution >= 0.6 is 11.8 Å². The van der Waals surface area contributed by atoms with Gasteiger partial charge in [-0.15, -0.1) is 10.2 Å². The monoisotopic (exact) mass is 415 g/mol. The first kappa shape index (κ1) is 20.5. The van der Waals surface area contributed by atoms with Crippen molar-refractivity contribution in [2.45, 2.75) is 12.1 Å². The van der Waals surface area contributed by atoms with Crippen molar-refractivity contribution in [3.8, 4) is 11.5 Å². The van der Waals surface area contributed by atoms with Gasteiger partial charge in [0.25, 0.3) is 5.22 Å². The average Bonchev–Trinajstić information content (AvgIpc) is 3.21. The highest BCUT2D eigenvalue weighted by molar-refractivity contribution is 7.99. The van der Waals surface area contributed by atoms with Crippen LogP contribution in [0.25, 0.3) is 11.5 Å². The van der Waals surface area contributed by atoms with Gasteiger partial charge in [0.2, 0.25) is 11.8 Å². The molecule has 0 aliphatic rings. The molecule has 3 aromatic rings. The number of halogens is 1. The zero-order valence-corrected chi connectivity index (χ0v) is 16.4. The number of esters is 1. The number of rotatable bonds is 8. The maximum absolute atomic E-state index is 13.2. The van der Waals surface area contributed by atoms with Gasteiger partial charge in [-0.2, -0.15) is 0 Å². The van der Waals surface area contributed by atoms with Gasteiger partial charge in [0.1, 0.15) is 12.4 Å². The van der Waals surface area contributed by atoms with Gasteiger partial charge in [-0.05, 0) is 43.3 Å². The molecule has 1 heterocycles. The van der Waals surface area contributed by atoms with Crippen LogP contribution in [-0.2, 0) is 14.3 Å². The lowest BCUT2D eigenvalue weighted by Crippen LogP contribution is -2.37. The predicted octanol–water partition coefficient (Wildman–Crippen LogP) is 3.56. The molecule has 0 aliphatic carbocycles. The molecule has 0 spiro atoms. The first-order valence-electron chi connectivity index (χ1n) is 8.80. The van der Waals surface area contributed by atoms with Gasteiger partial charge in [-0.25, -0.2) is 4.39 Å². The van der Waals surface area contributed by atoms with Crippen molar-refractivity contribution >= 4 is 29.3 Å². The smallest absolute Gasteiger partial charge is 0.326 e. The second-order valence-corrected chi connectivity index (χ2v) is 6.72. The number of aromatic nitrogens is 2. The zero-order chi connectivity index (χ0) is 20.6. The van der Waals surface area contributed by atoms with Crippen LogP contribution in [0.3, 0.4) is 0 Å². The minimum Gasteiger partial charge on any atom is -0.465 e. The Morgan fingerprint density at radius 2 is 1.83 bits per heavy atom. The van der Waals surface area contributed by atoms with E-state index in [1.807, 2.05) is 30.3 Å². The fraction of sp³-hybridized carbons (Fsp3) is 0.200. The van der Waals surface area contributed by atoms with Gasteiger partial charge < -0.3 is 14.1 Å². The molecule has 2 aromatic carbocycles. The van der Waals surface area contributed by atoms with Crippen molar-refractivity contribution in [1.29, 1.82) is 0 Å². The molecule has 9 heteroatoms. The van der Waals surface area contributed by atoms with Gasteiger partial charge >= 0.3 is 5.97 Å². The minimum absolute atomic E-state index is 0.0484. The van der Waals surface area contributed by atoms with E-state index in [9.17, 15) is 14.0 Å². The summed E-state index contributed by atoms with van der Waals surface area (Å²) in [5, 5.41) is 8.13. The molecule has 7 nitrogen and oxygen atoms in total. The molecule has 150 valence electrons. The number of carbonyl (C=O) groups is 2. The standard InChI is InChI=1S/C20H18FN3O4S/c1-2-27-18(26)12-24(16-10-8-15(21)9-11-16)17(25)13-29-20-23-22-19(28-20)14-6-4-3-5-7-14/h3-11H,2,12-13H2,1H3. The quantitative estimate of drug-likeness (QED) is 0.411. The Morgan fingerprint density at radius 3 is 2.52 bits per heavy atom. The third-order valence-electron chi connectivity index (χ3n) is 3.78. The molecule has 0 saturated carbocycles. The number of thioether (sulfide) groups is 1. The van der Waals surface area contributed by atoms with E-state index in [4.69, 9.17) is 9.15 Å². The SMILES string of the molecule is CCOC(=O)CN(C(=O)CSc1nnc(-c2ccccc2)o1)c1ccc(F)cc1. The summed E-state index contributed by atoms with van der Waals surface area (Å²) in [6.07, 6.45) is 0. The fourth-order valence-corrected chi connectivity index (χ4v) is 3.09. The summed E-state index contributed by atoms with van der Waals surface area (Å²) in [7, 11) is 0. The summed E-state index contributed by atoms with van der Waals surface area (Å²) in [5.41, 5.74) is 1.16. The van der Waals surface area contributed by atoms with Gasteiger partial charge in [-0.1, -0.05) is 30.0 Å². The van der Waals surface area contributed by atoms with Gasteiger partial charge in [0.05, 0.1) is 12.4 Å². The summed E-state index contributed by atoms with van der Waals surface area (Å²) in [5.74, 6) is -1.07. The number of anilines is 1. The van der Waals surface area contributed by atoms with Crippen molar-refractivity contribution in [3.63, 3.8) is 0 Å². The summed E-state index contributed by atoms with van der Waals surface area (Å²) in [6, 6.07) is 14.6. The van der Waals surface area contributed by atoms with Crippen LogP contribution in [0.5, 0.6) is 0 Å². The molecule has 0 saturated heterocycles. The predicted molar refractivity (Wildman–Crippen MR) is 106 cm³/mol. The third-order valence-corrected chi connectivity index (χ3v) is 4.58. The number of amides is 1. The van der Waals surface area contributed by atoms with Gasteiger partial charge in [0.15, 0.2) is 0 Å². The molecule has 3 rings (SSSR count). The number of hydrogen-bond acceptors (Lipinski definition) is 7.